The number of nitrogens with zero attached hydrogens (tertiary/aromatic N) is 3. The van der Waals surface area contributed by atoms with Gasteiger partial charge in [-0.25, -0.2) is 0 Å². The topological polar surface area (TPSA) is 22.9 Å². The summed E-state index contributed by atoms with van der Waals surface area (Å²) >= 11 is 0. The van der Waals surface area contributed by atoms with Crippen LogP contribution in [0, 0.1) is 0 Å². The van der Waals surface area contributed by atoms with Crippen LogP contribution in [0.5, 0.6) is 0 Å². The zero-order valence-corrected chi connectivity index (χ0v) is 40.4. The van der Waals surface area contributed by atoms with Crippen LogP contribution in [0.1, 0.15) is 0 Å². The number of hydrogen-bond donors (Lipinski definition) is 0. The average molecular weight is 936 g/mol. The molecule has 0 aliphatic carbocycles. The molecule has 0 fully saturated rings. The third kappa shape index (κ3) is 6.46. The summed E-state index contributed by atoms with van der Waals surface area (Å²) in [6.07, 6.45) is 0. The summed E-state index contributed by atoms with van der Waals surface area (Å²) in [6.45, 7) is -0.0746. The fourth-order valence-electron chi connectivity index (χ4n) is 12.0. The third-order valence-corrected chi connectivity index (χ3v) is 19.7. The molecule has 1 aromatic heterocycles. The largest absolute Gasteiger partial charge is 0.454 e. The first-order valence-electron chi connectivity index (χ1n) is 24.8. The monoisotopic (exact) mass is 935 g/mol. The summed E-state index contributed by atoms with van der Waals surface area (Å²) in [5.41, 5.74) is 15.5. The number of benzene rings is 11. The van der Waals surface area contributed by atoms with E-state index >= 15 is 0 Å². The van der Waals surface area contributed by atoms with E-state index in [1.165, 1.54) is 54.2 Å². The lowest BCUT2D eigenvalue weighted by Crippen LogP contribution is -2.75. The molecule has 0 spiro atoms. The molecule has 0 amide bonds. The summed E-state index contributed by atoms with van der Waals surface area (Å²) in [4.78, 5) is 7.46. The lowest BCUT2D eigenvalue weighted by Gasteiger charge is -2.46. The smallest absolute Gasteiger partial charge is 0.252 e. The van der Waals surface area contributed by atoms with Gasteiger partial charge in [0.1, 0.15) is 5.58 Å². The molecule has 2 aliphatic heterocycles. The first-order chi connectivity index (χ1) is 35.8. The van der Waals surface area contributed by atoms with E-state index in [4.69, 9.17) is 4.42 Å². The molecule has 0 saturated carbocycles. The van der Waals surface area contributed by atoms with Gasteiger partial charge in [-0.05, 0) is 116 Å². The van der Waals surface area contributed by atoms with Crippen molar-refractivity contribution < 1.29 is 4.42 Å². The Bertz CT molecular complexity index is 3850. The highest BCUT2D eigenvalue weighted by Crippen LogP contribution is 2.47. The third-order valence-electron chi connectivity index (χ3n) is 14.9. The van der Waals surface area contributed by atoms with Crippen molar-refractivity contribution in [3.8, 4) is 0 Å². The second-order valence-corrected chi connectivity index (χ2v) is 22.6. The van der Waals surface area contributed by atoms with E-state index in [-0.39, 0.29) is 6.71 Å². The van der Waals surface area contributed by atoms with Gasteiger partial charge in [0.2, 0.25) is 0 Å². The van der Waals surface area contributed by atoms with Gasteiger partial charge in [-0.15, -0.1) is 0 Å². The Labute approximate surface area is 421 Å². The first kappa shape index (κ1) is 41.8. The highest BCUT2D eigenvalue weighted by Gasteiger charge is 2.48. The summed E-state index contributed by atoms with van der Waals surface area (Å²) in [6, 6.07) is 103. The van der Waals surface area contributed by atoms with Crippen molar-refractivity contribution >= 4 is 125 Å². The summed E-state index contributed by atoms with van der Waals surface area (Å²) in [7, 11) is -3.08. The quantitative estimate of drug-likeness (QED) is 0.106. The molecule has 4 nitrogen and oxygen atoms in total. The second kappa shape index (κ2) is 17.1. The van der Waals surface area contributed by atoms with Crippen LogP contribution in [0.3, 0.4) is 0 Å². The molecule has 0 atom stereocenters. The van der Waals surface area contributed by atoms with Gasteiger partial charge in [0.25, 0.3) is 6.71 Å². The molecular weight excluding hydrogens is 890 g/mol. The number of anilines is 9. The highest BCUT2D eigenvalue weighted by atomic mass is 28.3. The van der Waals surface area contributed by atoms with Crippen molar-refractivity contribution in [1.82, 2.24) is 0 Å². The molecule has 0 radical (unpaired) electrons. The molecule has 0 saturated heterocycles. The minimum atomic E-state index is -3.08. The highest BCUT2D eigenvalue weighted by molar-refractivity contribution is 7.20. The second-order valence-electron chi connectivity index (χ2n) is 18.8. The molecule has 12 aromatic rings. The van der Waals surface area contributed by atoms with Gasteiger partial charge in [0.05, 0.1) is 5.69 Å². The predicted molar refractivity (Wildman–Crippen MR) is 306 cm³/mol. The molecule has 6 heteroatoms. The van der Waals surface area contributed by atoms with Gasteiger partial charge < -0.3 is 19.1 Å². The van der Waals surface area contributed by atoms with Crippen molar-refractivity contribution in [3.63, 3.8) is 0 Å². The van der Waals surface area contributed by atoms with Crippen LogP contribution in [0.4, 0.5) is 51.2 Å². The van der Waals surface area contributed by atoms with E-state index in [9.17, 15) is 0 Å². The van der Waals surface area contributed by atoms with Gasteiger partial charge in [0, 0.05) is 56.3 Å². The van der Waals surface area contributed by atoms with Crippen LogP contribution in [0.15, 0.2) is 283 Å². The summed E-state index contributed by atoms with van der Waals surface area (Å²) < 4.78 is 6.80. The molecule has 14 rings (SSSR count). The Morgan fingerprint density at radius 1 is 0.347 bits per heavy atom. The van der Waals surface area contributed by atoms with Crippen molar-refractivity contribution in [1.29, 1.82) is 0 Å². The fourth-order valence-corrected chi connectivity index (χ4v) is 16.8. The molecule has 0 bridgehead atoms. The molecule has 3 heterocycles. The van der Waals surface area contributed by atoms with Gasteiger partial charge in [0.15, 0.2) is 13.7 Å². The van der Waals surface area contributed by atoms with Crippen molar-refractivity contribution in [2.24, 2.45) is 0 Å². The maximum absolute atomic E-state index is 6.80. The van der Waals surface area contributed by atoms with Crippen LogP contribution < -0.4 is 51.8 Å². The molecule has 11 aromatic carbocycles. The molecule has 338 valence electrons. The van der Waals surface area contributed by atoms with E-state index in [0.29, 0.717) is 0 Å². The van der Waals surface area contributed by atoms with E-state index in [1.54, 1.807) is 0 Å². The lowest BCUT2D eigenvalue weighted by atomic mass is 9.33. The number of furan rings is 1. The van der Waals surface area contributed by atoms with Gasteiger partial charge >= 0.3 is 0 Å². The van der Waals surface area contributed by atoms with E-state index in [2.05, 4.69) is 288 Å². The zero-order chi connectivity index (χ0) is 47.6. The fraction of sp³-hybridized carbons (Fsp3) is 0. The van der Waals surface area contributed by atoms with Crippen molar-refractivity contribution in [2.45, 2.75) is 0 Å². The molecule has 0 N–H and O–H groups in total. The Hall–Kier alpha value is -9.10. The first-order valence-corrected chi connectivity index (χ1v) is 26.8. The lowest BCUT2D eigenvalue weighted by molar-refractivity contribution is 0.669. The number of rotatable bonds is 9. The summed E-state index contributed by atoms with van der Waals surface area (Å²) in [5.74, 6) is 0. The SMILES string of the molecule is c1ccc(N2c3ccccc3B3c4ccc(N(c5ccccc5)c5cccc6c5oc5ccccc56)cc4N(c4ccccc4)c4cc([Si](c5ccccc5)(c5ccccc5)c5ccccc5)cc2c43)cc1. The van der Waals surface area contributed by atoms with Gasteiger partial charge in [-0.1, -0.05) is 200 Å². The number of para-hydroxylation sites is 6. The van der Waals surface area contributed by atoms with Crippen LogP contribution >= 0.6 is 0 Å². The van der Waals surface area contributed by atoms with E-state index < -0.39 is 8.07 Å². The van der Waals surface area contributed by atoms with Crippen LogP contribution in [-0.2, 0) is 0 Å². The molecule has 2 aliphatic rings. The number of fused-ring (bicyclic) bond motifs is 7. The minimum absolute atomic E-state index is 0.0746. The maximum atomic E-state index is 6.80. The van der Waals surface area contributed by atoms with Crippen LogP contribution in [0.25, 0.3) is 21.9 Å². The van der Waals surface area contributed by atoms with Crippen LogP contribution in [0.2, 0.25) is 0 Å². The van der Waals surface area contributed by atoms with E-state index in [1.807, 2.05) is 6.07 Å². The average Bonchev–Trinajstić information content (AvgIpc) is 3.84. The summed E-state index contributed by atoms with van der Waals surface area (Å²) in [5, 5.41) is 7.49. The molecular formula is C66H46BN3OSi. The van der Waals surface area contributed by atoms with Crippen molar-refractivity contribution in [3.05, 3.63) is 279 Å². The molecule has 72 heavy (non-hydrogen) atoms. The van der Waals surface area contributed by atoms with Gasteiger partial charge in [-0.2, -0.15) is 0 Å². The Balaban J connectivity index is 1.10. The van der Waals surface area contributed by atoms with E-state index in [0.717, 1.165) is 56.1 Å². The standard InChI is InChI=1S/C66H46BN3OSi/c1-7-24-47(25-8-1)68(60-40-23-37-56-55-36-19-22-41-64(55)71-66(56)60)50-42-43-58-61(44-50)70(49-28-11-3-12-29-49)63-46-54(45-62-65(63)67(58)57-38-20-21-39-59(57)69(62)48-26-9-2-10-27-48)72(51-30-13-4-14-31-51,52-32-15-5-16-33-52)53-34-17-6-18-35-53/h1-46H. The predicted octanol–water partition coefficient (Wildman–Crippen LogP) is 12.5. The Kier molecular flexibility index (Phi) is 9.93. The maximum Gasteiger partial charge on any atom is 0.252 e. The Morgan fingerprint density at radius 3 is 1.44 bits per heavy atom. The Morgan fingerprint density at radius 2 is 0.833 bits per heavy atom. The van der Waals surface area contributed by atoms with Gasteiger partial charge in [-0.3, -0.25) is 0 Å². The number of hydrogen-bond acceptors (Lipinski definition) is 4. The van der Waals surface area contributed by atoms with Crippen LogP contribution in [-0.4, -0.2) is 14.8 Å². The van der Waals surface area contributed by atoms with Crippen molar-refractivity contribution in [2.75, 3.05) is 14.7 Å². The normalized spacial score (nSPS) is 12.6. The molecule has 0 unspecified atom stereocenters. The zero-order valence-electron chi connectivity index (χ0n) is 39.4. The minimum Gasteiger partial charge on any atom is -0.454 e.